The second-order valence-corrected chi connectivity index (χ2v) is 7.32. The van der Waals surface area contributed by atoms with Crippen molar-refractivity contribution in [3.05, 3.63) is 60.0 Å². The molecule has 1 aromatic heterocycles. The molecular formula is C23H26N4O4. The summed E-state index contributed by atoms with van der Waals surface area (Å²) in [5.74, 6) is 2.34. The Kier molecular flexibility index (Phi) is 6.47. The minimum atomic E-state index is 0.00464. The van der Waals surface area contributed by atoms with Crippen molar-refractivity contribution in [3.8, 4) is 23.0 Å². The Morgan fingerprint density at radius 3 is 2.42 bits per heavy atom. The lowest BCUT2D eigenvalue weighted by Gasteiger charge is -2.34. The topological polar surface area (TPSA) is 80.9 Å². The highest BCUT2D eigenvalue weighted by atomic mass is 16.5. The van der Waals surface area contributed by atoms with Crippen molar-refractivity contribution < 1.29 is 18.7 Å². The molecule has 2 aromatic carbocycles. The summed E-state index contributed by atoms with van der Waals surface area (Å²) in [6.07, 6.45) is 0.684. The fourth-order valence-electron chi connectivity index (χ4n) is 3.63. The van der Waals surface area contributed by atoms with E-state index >= 15 is 0 Å². The lowest BCUT2D eigenvalue weighted by Crippen LogP contribution is -2.49. The van der Waals surface area contributed by atoms with E-state index in [1.54, 1.807) is 32.4 Å². The lowest BCUT2D eigenvalue weighted by molar-refractivity contribution is 0.0636. The number of hydrogen-bond acceptors (Lipinski definition) is 7. The van der Waals surface area contributed by atoms with Crippen LogP contribution in [0.15, 0.2) is 52.9 Å². The average molecular weight is 422 g/mol. The smallest absolute Gasteiger partial charge is 0.254 e. The van der Waals surface area contributed by atoms with Crippen LogP contribution in [0.25, 0.3) is 11.5 Å². The number of rotatable bonds is 7. The van der Waals surface area contributed by atoms with Gasteiger partial charge in [0.05, 0.1) is 14.2 Å². The summed E-state index contributed by atoms with van der Waals surface area (Å²) in [7, 11) is 3.15. The number of ether oxygens (including phenoxy) is 2. The highest BCUT2D eigenvalue weighted by molar-refractivity contribution is 5.95. The van der Waals surface area contributed by atoms with Crippen LogP contribution >= 0.6 is 0 Å². The number of methoxy groups -OCH3 is 2. The monoisotopic (exact) mass is 422 g/mol. The van der Waals surface area contributed by atoms with Crippen LogP contribution in [0.3, 0.4) is 0 Å². The molecule has 31 heavy (non-hydrogen) atoms. The van der Waals surface area contributed by atoms with Gasteiger partial charge < -0.3 is 18.8 Å². The molecule has 1 aliphatic rings. The van der Waals surface area contributed by atoms with Crippen molar-refractivity contribution in [2.24, 2.45) is 0 Å². The Morgan fingerprint density at radius 1 is 0.968 bits per heavy atom. The first kappa shape index (κ1) is 20.9. The molecule has 0 radical (unpaired) electrons. The molecule has 0 N–H and O–H groups in total. The van der Waals surface area contributed by atoms with Gasteiger partial charge in [-0.15, -0.1) is 10.2 Å². The van der Waals surface area contributed by atoms with Crippen LogP contribution in [-0.2, 0) is 6.42 Å². The van der Waals surface area contributed by atoms with Crippen molar-refractivity contribution >= 4 is 5.91 Å². The number of carbonyl (C=O) groups excluding carboxylic acids is 1. The van der Waals surface area contributed by atoms with E-state index in [-0.39, 0.29) is 5.91 Å². The Bertz CT molecular complexity index is 1010. The normalized spacial score (nSPS) is 14.5. The summed E-state index contributed by atoms with van der Waals surface area (Å²) in [5, 5.41) is 8.30. The zero-order valence-corrected chi connectivity index (χ0v) is 17.8. The van der Waals surface area contributed by atoms with Crippen molar-refractivity contribution in [2.45, 2.75) is 6.42 Å². The van der Waals surface area contributed by atoms with E-state index in [0.29, 0.717) is 48.4 Å². The molecule has 1 saturated heterocycles. The predicted octanol–water partition coefficient (Wildman–Crippen LogP) is 2.75. The average Bonchev–Trinajstić information content (AvgIpc) is 3.32. The van der Waals surface area contributed by atoms with Crippen molar-refractivity contribution in [2.75, 3.05) is 46.9 Å². The van der Waals surface area contributed by atoms with E-state index in [1.165, 1.54) is 0 Å². The van der Waals surface area contributed by atoms with E-state index < -0.39 is 0 Å². The lowest BCUT2D eigenvalue weighted by atomic mass is 10.1. The van der Waals surface area contributed by atoms with Crippen LogP contribution in [0.2, 0.25) is 0 Å². The van der Waals surface area contributed by atoms with E-state index in [4.69, 9.17) is 13.9 Å². The van der Waals surface area contributed by atoms with Crippen LogP contribution in [0.4, 0.5) is 0 Å². The van der Waals surface area contributed by atoms with Crippen LogP contribution in [0.5, 0.6) is 11.5 Å². The number of amides is 1. The van der Waals surface area contributed by atoms with Gasteiger partial charge in [0, 0.05) is 50.3 Å². The number of nitrogens with zero attached hydrogens (tertiary/aromatic N) is 4. The van der Waals surface area contributed by atoms with Gasteiger partial charge >= 0.3 is 0 Å². The third-order valence-electron chi connectivity index (χ3n) is 5.42. The number of benzene rings is 2. The first-order valence-electron chi connectivity index (χ1n) is 10.3. The van der Waals surface area contributed by atoms with Crippen LogP contribution < -0.4 is 9.47 Å². The molecule has 0 bridgehead atoms. The molecule has 8 nitrogen and oxygen atoms in total. The fourth-order valence-corrected chi connectivity index (χ4v) is 3.63. The third kappa shape index (κ3) is 4.86. The summed E-state index contributed by atoms with van der Waals surface area (Å²) in [4.78, 5) is 17.1. The minimum absolute atomic E-state index is 0.00464. The van der Waals surface area contributed by atoms with Crippen molar-refractivity contribution in [1.29, 1.82) is 0 Å². The predicted molar refractivity (Wildman–Crippen MR) is 115 cm³/mol. The summed E-state index contributed by atoms with van der Waals surface area (Å²) >= 11 is 0. The summed E-state index contributed by atoms with van der Waals surface area (Å²) in [5.41, 5.74) is 1.52. The number of hydrogen-bond donors (Lipinski definition) is 0. The van der Waals surface area contributed by atoms with Gasteiger partial charge in [0.15, 0.2) is 11.5 Å². The molecule has 8 heteroatoms. The number of aromatic nitrogens is 2. The first-order valence-corrected chi connectivity index (χ1v) is 10.3. The first-order chi connectivity index (χ1) is 15.2. The standard InChI is InChI=1S/C23H26N4O4/c1-29-19-9-8-18(16-20(19)30-2)23(28)27-14-12-26(13-15-27)11-10-21-24-25-22(31-21)17-6-4-3-5-7-17/h3-9,16H,10-15H2,1-2H3. The zero-order chi connectivity index (χ0) is 21.6. The van der Waals surface area contributed by atoms with Gasteiger partial charge in [-0.1, -0.05) is 18.2 Å². The van der Waals surface area contributed by atoms with Gasteiger partial charge in [-0.2, -0.15) is 0 Å². The highest BCUT2D eigenvalue weighted by Gasteiger charge is 2.23. The SMILES string of the molecule is COc1ccc(C(=O)N2CCN(CCc3nnc(-c4ccccc4)o3)CC2)cc1OC. The Labute approximate surface area is 181 Å². The zero-order valence-electron chi connectivity index (χ0n) is 17.8. The van der Waals surface area contributed by atoms with Gasteiger partial charge in [-0.3, -0.25) is 9.69 Å². The Balaban J connectivity index is 1.28. The van der Waals surface area contributed by atoms with E-state index in [1.807, 2.05) is 35.2 Å². The van der Waals surface area contributed by atoms with Crippen LogP contribution in [0, 0.1) is 0 Å². The molecule has 4 rings (SSSR count). The second-order valence-electron chi connectivity index (χ2n) is 7.32. The molecule has 1 fully saturated rings. The molecule has 1 aliphatic heterocycles. The highest BCUT2D eigenvalue weighted by Crippen LogP contribution is 2.28. The minimum Gasteiger partial charge on any atom is -0.493 e. The van der Waals surface area contributed by atoms with E-state index in [0.717, 1.165) is 25.2 Å². The quantitative estimate of drug-likeness (QED) is 0.579. The van der Waals surface area contributed by atoms with Crippen molar-refractivity contribution in [3.63, 3.8) is 0 Å². The molecule has 0 atom stereocenters. The van der Waals surface area contributed by atoms with Crippen molar-refractivity contribution in [1.82, 2.24) is 20.0 Å². The maximum absolute atomic E-state index is 12.9. The second kappa shape index (κ2) is 9.61. The molecule has 0 saturated carbocycles. The van der Waals surface area contributed by atoms with Gasteiger partial charge in [0.1, 0.15) is 0 Å². The molecule has 2 heterocycles. The third-order valence-corrected chi connectivity index (χ3v) is 5.42. The molecule has 0 spiro atoms. The van der Waals surface area contributed by atoms with Gasteiger partial charge in [0.25, 0.3) is 5.91 Å². The van der Waals surface area contributed by atoms with E-state index in [9.17, 15) is 4.79 Å². The Hall–Kier alpha value is -3.39. The van der Waals surface area contributed by atoms with Gasteiger partial charge in [-0.05, 0) is 30.3 Å². The van der Waals surface area contributed by atoms with Gasteiger partial charge in [0.2, 0.25) is 11.8 Å². The summed E-state index contributed by atoms with van der Waals surface area (Å²) in [6.45, 7) is 3.77. The fraction of sp³-hybridized carbons (Fsp3) is 0.348. The molecule has 162 valence electrons. The van der Waals surface area contributed by atoms with Crippen LogP contribution in [0.1, 0.15) is 16.2 Å². The van der Waals surface area contributed by atoms with Gasteiger partial charge in [-0.25, -0.2) is 0 Å². The summed E-state index contributed by atoms with van der Waals surface area (Å²) in [6, 6.07) is 15.0. The van der Waals surface area contributed by atoms with Crippen LogP contribution in [-0.4, -0.2) is 72.8 Å². The summed E-state index contributed by atoms with van der Waals surface area (Å²) < 4.78 is 16.3. The Morgan fingerprint density at radius 2 is 1.71 bits per heavy atom. The van der Waals surface area contributed by atoms with E-state index in [2.05, 4.69) is 15.1 Å². The number of piperazine rings is 1. The maximum atomic E-state index is 12.9. The molecule has 3 aromatic rings. The molecule has 1 amide bonds. The molecular weight excluding hydrogens is 396 g/mol. The maximum Gasteiger partial charge on any atom is 0.254 e. The number of carbonyl (C=O) groups is 1. The molecule has 0 aliphatic carbocycles. The molecule has 0 unspecified atom stereocenters. The largest absolute Gasteiger partial charge is 0.493 e.